The Kier molecular flexibility index (Phi) is 3.97. The highest BCUT2D eigenvalue weighted by molar-refractivity contribution is 6.37. The third kappa shape index (κ3) is 4.11. The normalized spacial score (nSPS) is 24.2. The van der Waals surface area contributed by atoms with E-state index in [4.69, 9.17) is 0 Å². The molecule has 2 N–H and O–H groups in total. The van der Waals surface area contributed by atoms with Crippen LogP contribution in [0.3, 0.4) is 0 Å². The summed E-state index contributed by atoms with van der Waals surface area (Å²) in [6.07, 6.45) is 0.906. The molecule has 4 heteroatoms. The van der Waals surface area contributed by atoms with E-state index in [1.807, 2.05) is 0 Å². The molecule has 4 nitrogen and oxygen atoms in total. The predicted octanol–water partition coefficient (Wildman–Crippen LogP) is 1.11. The van der Waals surface area contributed by atoms with Crippen LogP contribution < -0.4 is 10.6 Å². The molecule has 1 aliphatic heterocycles. The second-order valence-electron chi connectivity index (χ2n) is 6.75. The average molecular weight is 240 g/mol. The van der Waals surface area contributed by atoms with Gasteiger partial charge < -0.3 is 10.6 Å². The molecule has 1 fully saturated rings. The van der Waals surface area contributed by atoms with Crippen LogP contribution in [0, 0.1) is 10.8 Å². The van der Waals surface area contributed by atoms with Crippen molar-refractivity contribution in [2.45, 2.75) is 47.1 Å². The summed E-state index contributed by atoms with van der Waals surface area (Å²) in [5.41, 5.74) is -0.442. The van der Waals surface area contributed by atoms with E-state index in [9.17, 15) is 9.59 Å². The zero-order valence-corrected chi connectivity index (χ0v) is 11.5. The van der Waals surface area contributed by atoms with Gasteiger partial charge in [-0.25, -0.2) is 0 Å². The van der Waals surface area contributed by atoms with E-state index < -0.39 is 11.3 Å². The van der Waals surface area contributed by atoms with Crippen LogP contribution in [0.2, 0.25) is 0 Å². The molecule has 1 atom stereocenters. The number of carbonyl (C=O) groups is 2. The fourth-order valence-corrected chi connectivity index (χ4v) is 2.09. The fourth-order valence-electron chi connectivity index (χ4n) is 2.09. The molecule has 1 aliphatic rings. The third-order valence-electron chi connectivity index (χ3n) is 3.02. The van der Waals surface area contributed by atoms with E-state index in [0.717, 1.165) is 19.5 Å². The van der Waals surface area contributed by atoms with Gasteiger partial charge in [0.05, 0.1) is 0 Å². The molecular formula is C13H24N2O2. The lowest BCUT2D eigenvalue weighted by molar-refractivity contribution is -0.143. The molecule has 0 aliphatic carbocycles. The van der Waals surface area contributed by atoms with Crippen LogP contribution in [-0.2, 0) is 9.59 Å². The van der Waals surface area contributed by atoms with Gasteiger partial charge in [0, 0.05) is 24.5 Å². The Morgan fingerprint density at radius 2 is 1.88 bits per heavy atom. The molecule has 1 amide bonds. The highest BCUT2D eigenvalue weighted by Crippen LogP contribution is 2.24. The van der Waals surface area contributed by atoms with Crippen molar-refractivity contribution in [3.63, 3.8) is 0 Å². The number of carbonyl (C=O) groups excluding carboxylic acids is 2. The second kappa shape index (κ2) is 4.77. The number of rotatable bonds is 2. The Morgan fingerprint density at radius 3 is 2.35 bits per heavy atom. The summed E-state index contributed by atoms with van der Waals surface area (Å²) in [7, 11) is 0. The first-order chi connectivity index (χ1) is 7.62. The van der Waals surface area contributed by atoms with E-state index in [1.54, 1.807) is 20.8 Å². The van der Waals surface area contributed by atoms with Gasteiger partial charge >= 0.3 is 0 Å². The monoisotopic (exact) mass is 240 g/mol. The van der Waals surface area contributed by atoms with Crippen LogP contribution in [-0.4, -0.2) is 30.8 Å². The molecule has 0 radical (unpaired) electrons. The number of nitrogens with one attached hydrogen (secondary N) is 2. The Morgan fingerprint density at radius 1 is 1.29 bits per heavy atom. The maximum atomic E-state index is 11.8. The maximum Gasteiger partial charge on any atom is 0.288 e. The topological polar surface area (TPSA) is 58.2 Å². The minimum atomic E-state index is -0.609. The molecule has 0 saturated carbocycles. The quantitative estimate of drug-likeness (QED) is 0.711. The number of Topliss-reactive ketones (excluding diaryl/α,β-unsaturated/α-hetero) is 1. The zero-order valence-electron chi connectivity index (χ0n) is 11.5. The summed E-state index contributed by atoms with van der Waals surface area (Å²) in [6.45, 7) is 11.3. The van der Waals surface area contributed by atoms with E-state index in [-0.39, 0.29) is 17.2 Å². The summed E-state index contributed by atoms with van der Waals surface area (Å²) in [5, 5.41) is 6.11. The zero-order chi connectivity index (χ0) is 13.3. The van der Waals surface area contributed by atoms with Crippen molar-refractivity contribution < 1.29 is 9.59 Å². The largest absolute Gasteiger partial charge is 0.345 e. The van der Waals surface area contributed by atoms with Gasteiger partial charge in [0.25, 0.3) is 5.91 Å². The van der Waals surface area contributed by atoms with E-state index in [0.29, 0.717) is 0 Å². The molecule has 0 aromatic heterocycles. The number of hydrogen-bond acceptors (Lipinski definition) is 3. The van der Waals surface area contributed by atoms with Crippen molar-refractivity contribution >= 4 is 11.7 Å². The Balaban J connectivity index is 2.55. The number of hydrogen-bond donors (Lipinski definition) is 2. The Hall–Kier alpha value is -0.900. The molecule has 0 aromatic carbocycles. The highest BCUT2D eigenvalue weighted by Gasteiger charge is 2.33. The predicted molar refractivity (Wildman–Crippen MR) is 67.7 cm³/mol. The lowest BCUT2D eigenvalue weighted by atomic mass is 9.82. The summed E-state index contributed by atoms with van der Waals surface area (Å²) >= 11 is 0. The molecule has 0 spiro atoms. The summed E-state index contributed by atoms with van der Waals surface area (Å²) in [5.74, 6) is -0.803. The molecule has 98 valence electrons. The first-order valence-electron chi connectivity index (χ1n) is 6.18. The highest BCUT2D eigenvalue weighted by atomic mass is 16.2. The lowest BCUT2D eigenvalue weighted by Crippen LogP contribution is -2.53. The van der Waals surface area contributed by atoms with Crippen LogP contribution in [0.4, 0.5) is 0 Å². The van der Waals surface area contributed by atoms with E-state index in [2.05, 4.69) is 24.5 Å². The smallest absolute Gasteiger partial charge is 0.288 e. The second-order valence-corrected chi connectivity index (χ2v) is 6.75. The van der Waals surface area contributed by atoms with Gasteiger partial charge in [0.15, 0.2) is 0 Å². The SMILES string of the molecule is CC1(C)CNCC(NC(=O)C(=O)C(C)(C)C)C1. The molecule has 0 aromatic rings. The van der Waals surface area contributed by atoms with Gasteiger partial charge in [-0.05, 0) is 11.8 Å². The van der Waals surface area contributed by atoms with Gasteiger partial charge in [0.1, 0.15) is 0 Å². The van der Waals surface area contributed by atoms with Crippen LogP contribution in [0.25, 0.3) is 0 Å². The van der Waals surface area contributed by atoms with E-state index in [1.165, 1.54) is 0 Å². The summed E-state index contributed by atoms with van der Waals surface area (Å²) < 4.78 is 0. The standard InChI is InChI=1S/C13H24N2O2/c1-12(2,3)10(16)11(17)15-9-6-13(4,5)8-14-7-9/h9,14H,6-8H2,1-5H3,(H,15,17). The summed E-state index contributed by atoms with van der Waals surface area (Å²) in [6, 6.07) is 0.0533. The number of amides is 1. The third-order valence-corrected chi connectivity index (χ3v) is 3.02. The number of piperidine rings is 1. The van der Waals surface area contributed by atoms with Crippen LogP contribution >= 0.6 is 0 Å². The number of ketones is 1. The van der Waals surface area contributed by atoms with Crippen molar-refractivity contribution in [2.24, 2.45) is 10.8 Å². The molecule has 1 rings (SSSR count). The Labute approximate surface area is 104 Å². The first-order valence-corrected chi connectivity index (χ1v) is 6.18. The first kappa shape index (κ1) is 14.2. The van der Waals surface area contributed by atoms with Crippen molar-refractivity contribution in [1.82, 2.24) is 10.6 Å². The van der Waals surface area contributed by atoms with Gasteiger partial charge in [-0.2, -0.15) is 0 Å². The molecule has 1 unspecified atom stereocenters. The van der Waals surface area contributed by atoms with Crippen molar-refractivity contribution in [1.29, 1.82) is 0 Å². The Bertz CT molecular complexity index is 316. The molecule has 1 saturated heterocycles. The fraction of sp³-hybridized carbons (Fsp3) is 0.846. The van der Waals surface area contributed by atoms with Gasteiger partial charge in [-0.3, -0.25) is 9.59 Å². The molecule has 1 heterocycles. The van der Waals surface area contributed by atoms with E-state index >= 15 is 0 Å². The molecule has 0 bridgehead atoms. The van der Waals surface area contributed by atoms with Crippen LogP contribution in [0.1, 0.15) is 41.0 Å². The van der Waals surface area contributed by atoms with Crippen molar-refractivity contribution in [3.05, 3.63) is 0 Å². The maximum absolute atomic E-state index is 11.8. The lowest BCUT2D eigenvalue weighted by Gasteiger charge is -2.36. The van der Waals surface area contributed by atoms with Crippen LogP contribution in [0.5, 0.6) is 0 Å². The average Bonchev–Trinajstić information content (AvgIpc) is 2.13. The summed E-state index contributed by atoms with van der Waals surface area (Å²) in [4.78, 5) is 23.5. The van der Waals surface area contributed by atoms with Gasteiger partial charge in [-0.1, -0.05) is 34.6 Å². The molecular weight excluding hydrogens is 216 g/mol. The minimum Gasteiger partial charge on any atom is -0.345 e. The van der Waals surface area contributed by atoms with Crippen molar-refractivity contribution in [2.75, 3.05) is 13.1 Å². The van der Waals surface area contributed by atoms with Gasteiger partial charge in [0.2, 0.25) is 5.78 Å². The van der Waals surface area contributed by atoms with Crippen molar-refractivity contribution in [3.8, 4) is 0 Å². The van der Waals surface area contributed by atoms with Gasteiger partial charge in [-0.15, -0.1) is 0 Å². The minimum absolute atomic E-state index is 0.0533. The van der Waals surface area contributed by atoms with Crippen LogP contribution in [0.15, 0.2) is 0 Å². The molecule has 17 heavy (non-hydrogen) atoms.